The van der Waals surface area contributed by atoms with Crippen LogP contribution in [0.3, 0.4) is 0 Å². The van der Waals surface area contributed by atoms with E-state index < -0.39 is 40.9 Å². The van der Waals surface area contributed by atoms with Crippen molar-refractivity contribution in [3.05, 3.63) is 88.9 Å². The molecule has 2 aromatic carbocycles. The van der Waals surface area contributed by atoms with Gasteiger partial charge in [-0.15, -0.1) is 0 Å². The number of carbonyl (C=O) groups excluding carboxylic acids is 4. The van der Waals surface area contributed by atoms with E-state index in [1.54, 1.807) is 36.9 Å². The van der Waals surface area contributed by atoms with Crippen molar-refractivity contribution in [1.29, 1.82) is 5.26 Å². The second kappa shape index (κ2) is 15.9. The average Bonchev–Trinajstić information content (AvgIpc) is 3.84. The molecule has 3 N–H and O–H groups in total. The Morgan fingerprint density at radius 3 is 2.37 bits per heavy atom. The molecule has 3 saturated heterocycles. The number of aromatic nitrogens is 4. The van der Waals surface area contributed by atoms with E-state index in [1.165, 1.54) is 22.8 Å². The van der Waals surface area contributed by atoms with Gasteiger partial charge in [-0.05, 0) is 95.3 Å². The normalized spacial score (nSPS) is 22.7. The third-order valence-corrected chi connectivity index (χ3v) is 13.2. The minimum Gasteiger partial charge on any atom is -0.386 e. The fraction of sp³-hybridized carbons (Fsp3) is 0.444. The second-order valence-electron chi connectivity index (χ2n) is 17.8. The number of piperidine rings is 1. The van der Waals surface area contributed by atoms with Crippen LogP contribution in [0.5, 0.6) is 0 Å². The highest BCUT2D eigenvalue weighted by Crippen LogP contribution is 2.38. The van der Waals surface area contributed by atoms with Crippen LogP contribution in [-0.4, -0.2) is 103 Å². The molecule has 0 bridgehead atoms. The van der Waals surface area contributed by atoms with Gasteiger partial charge in [-0.2, -0.15) is 15.5 Å². The van der Waals surface area contributed by atoms with Crippen molar-refractivity contribution in [3.8, 4) is 6.07 Å². The molecule has 0 unspecified atom stereocenters. The molecule has 3 aromatic heterocycles. The standard InChI is InChI=1S/C45H48F2N10O5/c1-25-21-53(44(61)28-22-54(23-28)32-16-35(46)41(36(47)17-32)33-9-11-40(58)51-42(33)59)12-13-55(25)29-4-6-30(7-5-29)56-24-27-15-38(34(45(2,3)62)18-37(27)52-56)50-43(60)39-10-8-31-14-26(19-48)20-49-57(31)39/h8,10,14-18,20,24-25,28-30,33,62H,4-7,9,11-13,21-23H2,1-3H3,(H,50,60)(H,51,58,59)/t25-,29?,30?,33+/m0/s1. The molecule has 0 radical (unpaired) electrons. The molecule has 9 rings (SSSR count). The molecule has 62 heavy (non-hydrogen) atoms. The van der Waals surface area contributed by atoms with Crippen molar-refractivity contribution in [1.82, 2.24) is 34.5 Å². The molecular weight excluding hydrogens is 799 g/mol. The maximum Gasteiger partial charge on any atom is 0.274 e. The van der Waals surface area contributed by atoms with Crippen molar-refractivity contribution in [2.75, 3.05) is 42.9 Å². The van der Waals surface area contributed by atoms with Crippen LogP contribution in [0, 0.1) is 28.9 Å². The third-order valence-electron chi connectivity index (χ3n) is 13.2. The van der Waals surface area contributed by atoms with E-state index in [0.29, 0.717) is 65.8 Å². The molecule has 0 spiro atoms. The lowest BCUT2D eigenvalue weighted by Gasteiger charge is -2.48. The van der Waals surface area contributed by atoms with Gasteiger partial charge in [0.25, 0.3) is 5.91 Å². The van der Waals surface area contributed by atoms with Crippen LogP contribution < -0.4 is 15.5 Å². The minimum absolute atomic E-state index is 0.0200. The largest absolute Gasteiger partial charge is 0.386 e. The summed E-state index contributed by atoms with van der Waals surface area (Å²) in [5.74, 6) is -4.53. The molecule has 5 aromatic rings. The predicted octanol–water partition coefficient (Wildman–Crippen LogP) is 4.99. The van der Waals surface area contributed by atoms with Crippen LogP contribution in [0.1, 0.15) is 98.4 Å². The predicted molar refractivity (Wildman–Crippen MR) is 224 cm³/mol. The fourth-order valence-electron chi connectivity index (χ4n) is 9.83. The first kappa shape index (κ1) is 41.1. The molecule has 2 atom stereocenters. The third kappa shape index (κ3) is 7.66. The molecule has 1 aliphatic carbocycles. The van der Waals surface area contributed by atoms with Crippen LogP contribution in [0.25, 0.3) is 16.4 Å². The monoisotopic (exact) mass is 846 g/mol. The van der Waals surface area contributed by atoms with Crippen LogP contribution in [0.15, 0.2) is 54.9 Å². The summed E-state index contributed by atoms with van der Waals surface area (Å²) in [6, 6.07) is 13.9. The van der Waals surface area contributed by atoms with Crippen molar-refractivity contribution in [2.24, 2.45) is 5.92 Å². The van der Waals surface area contributed by atoms with E-state index >= 15 is 8.78 Å². The van der Waals surface area contributed by atoms with Gasteiger partial charge in [0.1, 0.15) is 23.4 Å². The highest BCUT2D eigenvalue weighted by molar-refractivity contribution is 6.05. The molecule has 17 heteroatoms. The summed E-state index contributed by atoms with van der Waals surface area (Å²) in [6.45, 7) is 8.15. The zero-order valence-electron chi connectivity index (χ0n) is 34.8. The van der Waals surface area contributed by atoms with E-state index in [0.717, 1.165) is 37.6 Å². The molecule has 1 saturated carbocycles. The van der Waals surface area contributed by atoms with Gasteiger partial charge in [0.15, 0.2) is 0 Å². The first-order chi connectivity index (χ1) is 29.6. The molecule has 4 aliphatic rings. The van der Waals surface area contributed by atoms with Gasteiger partial charge >= 0.3 is 0 Å². The number of amides is 4. The molecule has 4 amide bonds. The number of nitrogens with one attached hydrogen (secondary N) is 2. The number of hydrogen-bond acceptors (Lipinski definition) is 10. The van der Waals surface area contributed by atoms with Gasteiger partial charge in [0.2, 0.25) is 17.7 Å². The first-order valence-corrected chi connectivity index (χ1v) is 21.2. The molecule has 4 fully saturated rings. The van der Waals surface area contributed by atoms with Gasteiger partial charge in [-0.1, -0.05) is 0 Å². The zero-order chi connectivity index (χ0) is 43.6. The van der Waals surface area contributed by atoms with Gasteiger partial charge in [-0.25, -0.2) is 13.3 Å². The number of fused-ring (bicyclic) bond motifs is 2. The fourth-order valence-corrected chi connectivity index (χ4v) is 9.83. The first-order valence-electron chi connectivity index (χ1n) is 21.2. The van der Waals surface area contributed by atoms with Crippen molar-refractivity contribution >= 4 is 51.4 Å². The van der Waals surface area contributed by atoms with Crippen molar-refractivity contribution < 1.29 is 33.1 Å². The summed E-state index contributed by atoms with van der Waals surface area (Å²) in [6.07, 6.45) is 7.25. The van der Waals surface area contributed by atoms with Crippen LogP contribution in [0.2, 0.25) is 0 Å². The van der Waals surface area contributed by atoms with E-state index in [4.69, 9.17) is 5.10 Å². The Bertz CT molecular complexity index is 2650. The van der Waals surface area contributed by atoms with E-state index in [2.05, 4.69) is 33.6 Å². The number of nitriles is 1. The number of hydrogen-bond donors (Lipinski definition) is 3. The Morgan fingerprint density at radius 1 is 0.968 bits per heavy atom. The Morgan fingerprint density at radius 2 is 1.69 bits per heavy atom. The molecular formula is C45H48F2N10O5. The van der Waals surface area contributed by atoms with Gasteiger partial charge in [0.05, 0.1) is 46.3 Å². The lowest BCUT2D eigenvalue weighted by atomic mass is 9.88. The number of imide groups is 1. The maximum atomic E-state index is 15.2. The minimum atomic E-state index is -1.28. The lowest BCUT2D eigenvalue weighted by molar-refractivity contribution is -0.140. The summed E-state index contributed by atoms with van der Waals surface area (Å²) in [7, 11) is 0. The van der Waals surface area contributed by atoms with Crippen LogP contribution in [-0.2, 0) is 20.0 Å². The summed E-state index contributed by atoms with van der Waals surface area (Å²) < 4.78 is 33.8. The highest BCUT2D eigenvalue weighted by atomic mass is 19.1. The van der Waals surface area contributed by atoms with Gasteiger partial charge in [-0.3, -0.25) is 34.1 Å². The highest BCUT2D eigenvalue weighted by Gasteiger charge is 2.41. The summed E-state index contributed by atoms with van der Waals surface area (Å²) in [5.41, 5.74) is 1.71. The lowest BCUT2D eigenvalue weighted by Crippen LogP contribution is -2.61. The van der Waals surface area contributed by atoms with Crippen LogP contribution in [0.4, 0.5) is 20.2 Å². The smallest absolute Gasteiger partial charge is 0.274 e. The van der Waals surface area contributed by atoms with E-state index in [1.807, 2.05) is 27.9 Å². The van der Waals surface area contributed by atoms with Crippen LogP contribution >= 0.6 is 0 Å². The second-order valence-corrected chi connectivity index (χ2v) is 17.8. The Balaban J connectivity index is 0.792. The Kier molecular flexibility index (Phi) is 10.5. The summed E-state index contributed by atoms with van der Waals surface area (Å²) in [5, 5.41) is 35.5. The zero-order valence-corrected chi connectivity index (χ0v) is 34.8. The Labute approximate surface area is 356 Å². The number of rotatable bonds is 8. The SMILES string of the molecule is C[C@H]1CN(C(=O)C2CN(c3cc(F)c([C@H]4CCC(=O)NC4=O)c(F)c3)C2)CCN1C1CCC(n2cc3cc(NC(=O)c4ccc5cc(C#N)cnn45)c(C(C)(C)O)cc3n2)CC1. The number of nitrogens with zero attached hydrogens (tertiary/aromatic N) is 8. The van der Waals surface area contributed by atoms with Crippen molar-refractivity contribution in [3.63, 3.8) is 0 Å². The number of anilines is 2. The number of benzene rings is 2. The maximum absolute atomic E-state index is 15.2. The van der Waals surface area contributed by atoms with Gasteiger partial charge in [0, 0.05) is 85.3 Å². The number of halogens is 2. The topological polar surface area (TPSA) is 181 Å². The Hall–Kier alpha value is -6.25. The number of aliphatic hydroxyl groups is 1. The van der Waals surface area contributed by atoms with E-state index in [-0.39, 0.29) is 48.0 Å². The molecule has 6 heterocycles. The van der Waals surface area contributed by atoms with Crippen molar-refractivity contribution in [2.45, 2.75) is 88.9 Å². The summed E-state index contributed by atoms with van der Waals surface area (Å²) in [4.78, 5) is 57.1. The molecule has 15 nitrogen and oxygen atoms in total. The quantitative estimate of drug-likeness (QED) is 0.180. The average molecular weight is 847 g/mol. The molecule has 322 valence electrons. The van der Waals surface area contributed by atoms with E-state index in [9.17, 15) is 29.5 Å². The number of piperazine rings is 1. The van der Waals surface area contributed by atoms with Gasteiger partial charge < -0.3 is 20.2 Å². The number of carbonyl (C=O) groups is 4. The summed E-state index contributed by atoms with van der Waals surface area (Å²) >= 11 is 0. The molecule has 3 aliphatic heterocycles.